The molecule has 0 aromatic heterocycles. The lowest BCUT2D eigenvalue weighted by atomic mass is 9.81. The van der Waals surface area contributed by atoms with E-state index >= 15 is 0 Å². The summed E-state index contributed by atoms with van der Waals surface area (Å²) < 4.78 is 0. The Labute approximate surface area is 114 Å². The first-order valence-corrected chi connectivity index (χ1v) is 6.66. The molecule has 0 amide bonds. The van der Waals surface area contributed by atoms with Crippen molar-refractivity contribution in [2.75, 3.05) is 5.32 Å². The van der Waals surface area contributed by atoms with Crippen molar-refractivity contribution in [1.29, 1.82) is 5.41 Å². The lowest BCUT2D eigenvalue weighted by Crippen LogP contribution is -2.41. The Morgan fingerprint density at radius 1 is 1.16 bits per heavy atom. The van der Waals surface area contributed by atoms with E-state index in [-0.39, 0.29) is 12.1 Å². The Bertz CT molecular complexity index is 638. The predicted molar refractivity (Wildman–Crippen MR) is 80.5 cm³/mol. The van der Waals surface area contributed by atoms with Gasteiger partial charge in [-0.1, -0.05) is 17.2 Å². The third kappa shape index (κ3) is 1.81. The maximum absolute atomic E-state index is 8.53. The third-order valence-electron chi connectivity index (χ3n) is 3.96. The summed E-state index contributed by atoms with van der Waals surface area (Å²) in [5.74, 6) is 0.0670. The van der Waals surface area contributed by atoms with Gasteiger partial charge in [-0.15, -0.1) is 0 Å². The number of aryl methyl sites for hydroxylation is 2. The molecule has 2 aliphatic heterocycles. The van der Waals surface area contributed by atoms with Gasteiger partial charge in [0.05, 0.1) is 11.6 Å². The first kappa shape index (κ1) is 12.2. The van der Waals surface area contributed by atoms with E-state index in [9.17, 15) is 0 Å². The highest BCUT2D eigenvalue weighted by Gasteiger charge is 2.36. The molecule has 0 spiro atoms. The highest BCUT2D eigenvalue weighted by Crippen LogP contribution is 2.37. The van der Waals surface area contributed by atoms with Crippen LogP contribution >= 0.6 is 0 Å². The minimum atomic E-state index is -0.0218. The van der Waals surface area contributed by atoms with Gasteiger partial charge in [0, 0.05) is 17.0 Å². The molecular weight excluding hydrogens is 234 g/mol. The van der Waals surface area contributed by atoms with Crippen LogP contribution in [0.3, 0.4) is 0 Å². The monoisotopic (exact) mass is 253 g/mol. The molecule has 3 rings (SSSR count). The molecular formula is C16H19N3. The molecule has 2 heterocycles. The molecule has 0 unspecified atom stereocenters. The van der Waals surface area contributed by atoms with Crippen LogP contribution in [0.2, 0.25) is 0 Å². The molecule has 0 saturated carbocycles. The van der Waals surface area contributed by atoms with Crippen LogP contribution in [-0.2, 0) is 0 Å². The van der Waals surface area contributed by atoms with Gasteiger partial charge in [-0.05, 0) is 45.4 Å². The lowest BCUT2D eigenvalue weighted by Gasteiger charge is -2.37. The number of hydrogen-bond donors (Lipinski definition) is 2. The van der Waals surface area contributed by atoms with Crippen molar-refractivity contribution in [1.82, 2.24) is 0 Å². The number of dihydropyridines is 1. The standard InChI is InChI=1S/C16H19N3/c1-8-5-10(3)15-12(6-8)14(17)13-9(2)7-11(4)18-16(13)19-15/h5-7,13,16-17,19H,1-4H3/t13-,16-/m0/s1. The highest BCUT2D eigenvalue weighted by molar-refractivity contribution is 6.10. The molecule has 19 heavy (non-hydrogen) atoms. The molecule has 2 atom stereocenters. The molecule has 0 radical (unpaired) electrons. The summed E-state index contributed by atoms with van der Waals surface area (Å²) >= 11 is 0. The van der Waals surface area contributed by atoms with Gasteiger partial charge in [-0.3, -0.25) is 4.99 Å². The molecule has 3 nitrogen and oxygen atoms in total. The van der Waals surface area contributed by atoms with E-state index in [1.807, 2.05) is 6.92 Å². The molecule has 0 bridgehead atoms. The lowest BCUT2D eigenvalue weighted by molar-refractivity contribution is 0.630. The maximum Gasteiger partial charge on any atom is 0.131 e. The van der Waals surface area contributed by atoms with E-state index in [2.05, 4.69) is 49.3 Å². The largest absolute Gasteiger partial charge is 0.362 e. The summed E-state index contributed by atoms with van der Waals surface area (Å²) in [5.41, 5.74) is 7.45. The van der Waals surface area contributed by atoms with Crippen LogP contribution in [0, 0.1) is 25.2 Å². The van der Waals surface area contributed by atoms with Gasteiger partial charge in [0.1, 0.15) is 6.17 Å². The number of allylic oxidation sites excluding steroid dienone is 1. The molecule has 1 aromatic rings. The third-order valence-corrected chi connectivity index (χ3v) is 3.96. The number of aliphatic imine (C=N–C) groups is 1. The number of nitrogens with zero attached hydrogens (tertiary/aromatic N) is 1. The molecule has 0 aliphatic carbocycles. The van der Waals surface area contributed by atoms with Crippen molar-refractivity contribution in [2.45, 2.75) is 33.9 Å². The zero-order valence-corrected chi connectivity index (χ0v) is 11.8. The van der Waals surface area contributed by atoms with Crippen molar-refractivity contribution in [3.63, 3.8) is 0 Å². The second-order valence-electron chi connectivity index (χ2n) is 5.64. The van der Waals surface area contributed by atoms with Gasteiger partial charge in [-0.2, -0.15) is 0 Å². The molecule has 1 aromatic carbocycles. The minimum Gasteiger partial charge on any atom is -0.362 e. The maximum atomic E-state index is 8.53. The smallest absolute Gasteiger partial charge is 0.131 e. The second-order valence-corrected chi connectivity index (χ2v) is 5.64. The fourth-order valence-corrected chi connectivity index (χ4v) is 3.19. The van der Waals surface area contributed by atoms with E-state index < -0.39 is 0 Å². The van der Waals surface area contributed by atoms with E-state index in [4.69, 9.17) is 5.41 Å². The summed E-state index contributed by atoms with van der Waals surface area (Å²) in [7, 11) is 0. The number of anilines is 1. The summed E-state index contributed by atoms with van der Waals surface area (Å²) in [4.78, 5) is 4.66. The molecule has 0 saturated heterocycles. The zero-order chi connectivity index (χ0) is 13.7. The Kier molecular flexibility index (Phi) is 2.59. The van der Waals surface area contributed by atoms with Crippen molar-refractivity contribution in [3.8, 4) is 0 Å². The zero-order valence-electron chi connectivity index (χ0n) is 11.8. The van der Waals surface area contributed by atoms with Crippen LogP contribution in [0.5, 0.6) is 0 Å². The number of nitrogens with one attached hydrogen (secondary N) is 2. The van der Waals surface area contributed by atoms with Gasteiger partial charge < -0.3 is 10.7 Å². The van der Waals surface area contributed by atoms with Crippen LogP contribution < -0.4 is 5.32 Å². The minimum absolute atomic E-state index is 0.0218. The summed E-state index contributed by atoms with van der Waals surface area (Å²) in [6.45, 7) is 8.29. The fraction of sp³-hybridized carbons (Fsp3) is 0.375. The van der Waals surface area contributed by atoms with E-state index in [0.29, 0.717) is 5.71 Å². The number of hydrogen-bond acceptors (Lipinski definition) is 3. The first-order valence-electron chi connectivity index (χ1n) is 6.66. The number of rotatable bonds is 0. The summed E-state index contributed by atoms with van der Waals surface area (Å²) in [6, 6.07) is 4.26. The van der Waals surface area contributed by atoms with Crippen molar-refractivity contribution in [3.05, 3.63) is 40.5 Å². The molecule has 98 valence electrons. The molecule has 2 aliphatic rings. The average Bonchev–Trinajstić information content (AvgIpc) is 2.30. The Hall–Kier alpha value is -1.90. The topological polar surface area (TPSA) is 48.2 Å². The predicted octanol–water partition coefficient (Wildman–Crippen LogP) is 3.46. The summed E-state index contributed by atoms with van der Waals surface area (Å²) in [6.07, 6.45) is 2.07. The van der Waals surface area contributed by atoms with Crippen molar-refractivity contribution >= 4 is 17.1 Å². The van der Waals surface area contributed by atoms with Crippen LogP contribution in [0.4, 0.5) is 5.69 Å². The normalized spacial score (nSPS) is 24.9. The molecule has 0 fully saturated rings. The van der Waals surface area contributed by atoms with Crippen LogP contribution in [0.15, 0.2) is 28.8 Å². The average molecular weight is 253 g/mol. The molecule has 3 heteroatoms. The molecule has 2 N–H and O–H groups in total. The summed E-state index contributed by atoms with van der Waals surface area (Å²) in [5, 5.41) is 12.1. The van der Waals surface area contributed by atoms with E-state index in [1.165, 1.54) is 16.7 Å². The first-order chi connectivity index (χ1) is 8.97. The van der Waals surface area contributed by atoms with Crippen molar-refractivity contribution < 1.29 is 0 Å². The second kappa shape index (κ2) is 4.05. The number of fused-ring (bicyclic) bond motifs is 2. The van der Waals surface area contributed by atoms with Gasteiger partial charge >= 0.3 is 0 Å². The van der Waals surface area contributed by atoms with Gasteiger partial charge in [0.25, 0.3) is 0 Å². The van der Waals surface area contributed by atoms with Gasteiger partial charge in [0.15, 0.2) is 0 Å². The Balaban J connectivity index is 2.16. The number of benzene rings is 1. The fourth-order valence-electron chi connectivity index (χ4n) is 3.19. The van der Waals surface area contributed by atoms with Crippen LogP contribution in [0.1, 0.15) is 30.5 Å². The Morgan fingerprint density at radius 2 is 1.89 bits per heavy atom. The van der Waals surface area contributed by atoms with E-state index in [1.54, 1.807) is 0 Å². The van der Waals surface area contributed by atoms with Crippen LogP contribution in [-0.4, -0.2) is 17.6 Å². The van der Waals surface area contributed by atoms with Gasteiger partial charge in [-0.25, -0.2) is 0 Å². The van der Waals surface area contributed by atoms with Crippen LogP contribution in [0.25, 0.3) is 0 Å². The highest BCUT2D eigenvalue weighted by atomic mass is 15.1. The van der Waals surface area contributed by atoms with E-state index in [0.717, 1.165) is 17.0 Å². The van der Waals surface area contributed by atoms with Gasteiger partial charge in [0.2, 0.25) is 0 Å². The quantitative estimate of drug-likeness (QED) is 0.731. The Morgan fingerprint density at radius 3 is 2.63 bits per heavy atom. The van der Waals surface area contributed by atoms with Crippen molar-refractivity contribution in [2.24, 2.45) is 10.9 Å². The SMILES string of the molecule is CC1=CC(C)=N[C@H]2Nc3c(C)cc(C)cc3C(=N)[C@H]12.